The van der Waals surface area contributed by atoms with Crippen LogP contribution >= 0.6 is 0 Å². The molecule has 3 unspecified atom stereocenters. The molecule has 2 aliphatic heterocycles. The van der Waals surface area contributed by atoms with Gasteiger partial charge in [0.05, 0.1) is 0 Å². The Balaban J connectivity index is 1.84. The fourth-order valence-corrected chi connectivity index (χ4v) is 2.94. The van der Waals surface area contributed by atoms with Crippen LogP contribution in [0.5, 0.6) is 0 Å². The van der Waals surface area contributed by atoms with E-state index in [1.807, 2.05) is 0 Å². The molecule has 3 atom stereocenters. The zero-order chi connectivity index (χ0) is 8.13. The fourth-order valence-electron chi connectivity index (χ4n) is 2.94. The van der Waals surface area contributed by atoms with Gasteiger partial charge in [0.2, 0.25) is 0 Å². The van der Waals surface area contributed by atoms with Crippen molar-refractivity contribution in [3.8, 4) is 0 Å². The van der Waals surface area contributed by atoms with Gasteiger partial charge in [-0.25, -0.2) is 0 Å². The Hall–Kier alpha value is -0.370. The summed E-state index contributed by atoms with van der Waals surface area (Å²) >= 11 is 0. The molecule has 12 heavy (non-hydrogen) atoms. The van der Waals surface area contributed by atoms with Crippen LogP contribution in [0, 0.1) is 11.8 Å². The van der Waals surface area contributed by atoms with Gasteiger partial charge in [-0.1, -0.05) is 0 Å². The van der Waals surface area contributed by atoms with Crippen LogP contribution in [0.3, 0.4) is 0 Å². The molecule has 2 heterocycles. The van der Waals surface area contributed by atoms with Crippen LogP contribution in [-0.2, 0) is 4.79 Å². The second kappa shape index (κ2) is 2.32. The summed E-state index contributed by atoms with van der Waals surface area (Å²) in [5, 5.41) is 3.57. The zero-order valence-electron chi connectivity index (χ0n) is 7.25. The molecule has 3 rings (SSSR count). The van der Waals surface area contributed by atoms with Crippen molar-refractivity contribution < 1.29 is 4.79 Å². The van der Waals surface area contributed by atoms with Crippen molar-refractivity contribution in [1.82, 2.24) is 5.32 Å². The summed E-state index contributed by atoms with van der Waals surface area (Å²) in [7, 11) is 0. The van der Waals surface area contributed by atoms with E-state index in [4.69, 9.17) is 0 Å². The number of carbonyl (C=O) groups is 1. The largest absolute Gasteiger partial charge is 0.310 e. The first kappa shape index (κ1) is 7.07. The minimum Gasteiger partial charge on any atom is -0.310 e. The predicted octanol–water partition coefficient (Wildman–Crippen LogP) is 1.11. The zero-order valence-corrected chi connectivity index (χ0v) is 7.25. The summed E-state index contributed by atoms with van der Waals surface area (Å²) in [4.78, 5) is 11.7. The van der Waals surface area contributed by atoms with Gasteiger partial charge < -0.3 is 5.32 Å². The van der Waals surface area contributed by atoms with Crippen molar-refractivity contribution in [3.63, 3.8) is 0 Å². The van der Waals surface area contributed by atoms with E-state index in [1.54, 1.807) is 0 Å². The Kier molecular flexibility index (Phi) is 1.37. The third kappa shape index (κ3) is 0.939. The third-order valence-electron chi connectivity index (χ3n) is 3.66. The Morgan fingerprint density at radius 2 is 2.00 bits per heavy atom. The topological polar surface area (TPSA) is 29.1 Å². The highest BCUT2D eigenvalue weighted by Crippen LogP contribution is 2.44. The molecule has 0 aromatic heterocycles. The SMILES string of the molecule is O=C1CC2CCC(N2)C1C1CC1. The molecule has 1 N–H and O–H groups in total. The van der Waals surface area contributed by atoms with Crippen molar-refractivity contribution in [2.45, 2.75) is 44.2 Å². The van der Waals surface area contributed by atoms with Crippen LogP contribution in [0.25, 0.3) is 0 Å². The molecule has 2 heteroatoms. The average molecular weight is 165 g/mol. The van der Waals surface area contributed by atoms with Gasteiger partial charge >= 0.3 is 0 Å². The summed E-state index contributed by atoms with van der Waals surface area (Å²) in [5.74, 6) is 1.72. The van der Waals surface area contributed by atoms with E-state index in [9.17, 15) is 4.79 Å². The number of ketones is 1. The van der Waals surface area contributed by atoms with E-state index in [0.717, 1.165) is 12.3 Å². The van der Waals surface area contributed by atoms with Crippen LogP contribution in [0.4, 0.5) is 0 Å². The van der Waals surface area contributed by atoms with Crippen molar-refractivity contribution in [2.24, 2.45) is 11.8 Å². The van der Waals surface area contributed by atoms with Crippen LogP contribution in [0.2, 0.25) is 0 Å². The third-order valence-corrected chi connectivity index (χ3v) is 3.66. The number of rotatable bonds is 1. The van der Waals surface area contributed by atoms with Crippen LogP contribution in [0.15, 0.2) is 0 Å². The van der Waals surface area contributed by atoms with E-state index in [1.165, 1.54) is 25.7 Å². The molecule has 0 amide bonds. The smallest absolute Gasteiger partial charge is 0.139 e. The monoisotopic (exact) mass is 165 g/mol. The number of piperidine rings is 1. The minimum atomic E-state index is 0.406. The summed E-state index contributed by atoms with van der Waals surface area (Å²) in [6, 6.07) is 1.10. The highest BCUT2D eigenvalue weighted by molar-refractivity contribution is 5.84. The van der Waals surface area contributed by atoms with Crippen molar-refractivity contribution >= 4 is 5.78 Å². The van der Waals surface area contributed by atoms with Gasteiger partial charge in [-0.15, -0.1) is 0 Å². The van der Waals surface area contributed by atoms with Crippen molar-refractivity contribution in [3.05, 3.63) is 0 Å². The molecule has 3 aliphatic rings. The van der Waals surface area contributed by atoms with Crippen molar-refractivity contribution in [2.75, 3.05) is 0 Å². The lowest BCUT2D eigenvalue weighted by Crippen LogP contribution is -2.46. The Morgan fingerprint density at radius 1 is 1.17 bits per heavy atom. The minimum absolute atomic E-state index is 0.406. The van der Waals surface area contributed by atoms with Gasteiger partial charge in [-0.05, 0) is 31.6 Å². The predicted molar refractivity (Wildman–Crippen MR) is 45.8 cm³/mol. The normalized spacial score (nSPS) is 46.7. The summed E-state index contributed by atoms with van der Waals surface area (Å²) in [5.41, 5.74) is 0. The number of hydrogen-bond donors (Lipinski definition) is 1. The lowest BCUT2D eigenvalue weighted by atomic mass is 9.86. The molecule has 0 spiro atoms. The second-order valence-electron chi connectivity index (χ2n) is 4.58. The van der Waals surface area contributed by atoms with E-state index >= 15 is 0 Å². The second-order valence-corrected chi connectivity index (χ2v) is 4.58. The lowest BCUT2D eigenvalue weighted by Gasteiger charge is -2.28. The van der Waals surface area contributed by atoms with Crippen molar-refractivity contribution in [1.29, 1.82) is 0 Å². The maximum absolute atomic E-state index is 11.7. The maximum atomic E-state index is 11.7. The van der Waals surface area contributed by atoms with E-state index in [-0.39, 0.29) is 0 Å². The molecule has 1 saturated carbocycles. The van der Waals surface area contributed by atoms with E-state index in [0.29, 0.717) is 23.8 Å². The van der Waals surface area contributed by atoms with E-state index < -0.39 is 0 Å². The molecule has 2 nitrogen and oxygen atoms in total. The first-order chi connectivity index (χ1) is 5.84. The maximum Gasteiger partial charge on any atom is 0.139 e. The highest BCUT2D eigenvalue weighted by atomic mass is 16.1. The first-order valence-electron chi connectivity index (χ1n) is 5.13. The summed E-state index contributed by atoms with van der Waals surface area (Å²) in [6.45, 7) is 0. The molecule has 0 aromatic carbocycles. The Bertz CT molecular complexity index is 222. The highest BCUT2D eigenvalue weighted by Gasteiger charge is 2.47. The molecule has 0 aromatic rings. The fraction of sp³-hybridized carbons (Fsp3) is 0.900. The average Bonchev–Trinajstić information content (AvgIpc) is 2.76. The quantitative estimate of drug-likeness (QED) is 0.630. The molecular formula is C10H15NO. The number of Topliss-reactive ketones (excluding diaryl/α,β-unsaturated/α-hetero) is 1. The molecule has 2 bridgehead atoms. The number of nitrogens with one attached hydrogen (secondary N) is 1. The molecule has 66 valence electrons. The van der Waals surface area contributed by atoms with Gasteiger partial charge in [-0.3, -0.25) is 4.79 Å². The summed E-state index contributed by atoms with van der Waals surface area (Å²) in [6.07, 6.45) is 5.91. The van der Waals surface area contributed by atoms with Gasteiger partial charge in [-0.2, -0.15) is 0 Å². The first-order valence-corrected chi connectivity index (χ1v) is 5.13. The van der Waals surface area contributed by atoms with Gasteiger partial charge in [0.25, 0.3) is 0 Å². The van der Waals surface area contributed by atoms with E-state index in [2.05, 4.69) is 5.32 Å². The Labute approximate surface area is 72.7 Å². The van der Waals surface area contributed by atoms with Gasteiger partial charge in [0.1, 0.15) is 5.78 Å². The number of fused-ring (bicyclic) bond motifs is 2. The molecule has 3 fully saturated rings. The van der Waals surface area contributed by atoms with Crippen LogP contribution in [0.1, 0.15) is 32.1 Å². The molecular weight excluding hydrogens is 150 g/mol. The molecule has 1 aliphatic carbocycles. The van der Waals surface area contributed by atoms with Gasteiger partial charge in [0.15, 0.2) is 0 Å². The van der Waals surface area contributed by atoms with Crippen LogP contribution in [-0.4, -0.2) is 17.9 Å². The lowest BCUT2D eigenvalue weighted by molar-refractivity contribution is -0.126. The van der Waals surface area contributed by atoms with Crippen LogP contribution < -0.4 is 5.32 Å². The molecule has 2 saturated heterocycles. The number of hydrogen-bond acceptors (Lipinski definition) is 2. The molecule has 0 radical (unpaired) electrons. The summed E-state index contributed by atoms with van der Waals surface area (Å²) < 4.78 is 0. The number of carbonyl (C=O) groups excluding carboxylic acids is 1. The Morgan fingerprint density at radius 3 is 2.75 bits per heavy atom. The van der Waals surface area contributed by atoms with Gasteiger partial charge in [0, 0.05) is 24.4 Å². The standard InChI is InChI=1S/C10H15NO/c12-9-5-7-3-4-8(11-7)10(9)6-1-2-6/h6-8,10-11H,1-5H2.